The molecular weight excluding hydrogens is 490 g/mol. The molecule has 36 heavy (non-hydrogen) atoms. The van der Waals surface area contributed by atoms with E-state index < -0.39 is 52.2 Å². The van der Waals surface area contributed by atoms with Gasteiger partial charge in [-0.05, 0) is 29.8 Å². The number of carbonyl (C=O) groups excluding carboxylic acids is 3. The predicted octanol–water partition coefficient (Wildman–Crippen LogP) is 6.42. The van der Waals surface area contributed by atoms with E-state index in [4.69, 9.17) is 0 Å². The molecule has 3 rings (SSSR count). The van der Waals surface area contributed by atoms with Crippen LogP contribution in [0.25, 0.3) is 5.57 Å². The Kier molecular flexibility index (Phi) is 7.47. The highest BCUT2D eigenvalue weighted by atomic mass is 19.4. The quantitative estimate of drug-likeness (QED) is 0.0968. The Balaban J connectivity index is 2.21. The number of benzene rings is 3. The van der Waals surface area contributed by atoms with E-state index >= 15 is 0 Å². The second-order valence-electron chi connectivity index (χ2n) is 7.42. The molecule has 0 saturated carbocycles. The molecule has 186 valence electrons. The fraction of sp³-hybridized carbons (Fsp3) is 0.115. The van der Waals surface area contributed by atoms with Crippen LogP contribution < -0.4 is 0 Å². The standard InChI is InChI=1S/C26H16F6O4/c1-36-24(35)21(23(34)17-9-13-19(14-10-17)26(30,31)32)20(15-5-3-2-4-6-15)22(33)16-7-11-18(12-8-16)25(27,28)29/h2-14H,1H3/b21-20-. The number of carbonyl (C=O) groups is 3. The van der Waals surface area contributed by atoms with Crippen LogP contribution in [0.1, 0.15) is 37.4 Å². The number of Topliss-reactive ketones (excluding diaryl/α,β-unsaturated/α-hetero) is 2. The summed E-state index contributed by atoms with van der Waals surface area (Å²) < 4.78 is 82.3. The fourth-order valence-electron chi connectivity index (χ4n) is 3.31. The molecule has 0 amide bonds. The van der Waals surface area contributed by atoms with Crippen molar-refractivity contribution in [1.29, 1.82) is 0 Å². The number of hydrogen-bond acceptors (Lipinski definition) is 4. The molecule has 0 N–H and O–H groups in total. The SMILES string of the molecule is COC(=O)/C(C(=O)c1ccc(C(F)(F)F)cc1)=C(\C(=O)c1ccc(C(F)(F)F)cc1)c1ccccc1. The van der Waals surface area contributed by atoms with Gasteiger partial charge in [0.15, 0.2) is 5.78 Å². The van der Waals surface area contributed by atoms with Crippen LogP contribution in [-0.2, 0) is 21.9 Å². The van der Waals surface area contributed by atoms with Crippen LogP contribution >= 0.6 is 0 Å². The van der Waals surface area contributed by atoms with Crippen molar-refractivity contribution in [3.05, 3.63) is 112 Å². The Hall–Kier alpha value is -4.21. The van der Waals surface area contributed by atoms with E-state index in [0.29, 0.717) is 24.3 Å². The maximum Gasteiger partial charge on any atom is 0.416 e. The molecule has 0 spiro atoms. The summed E-state index contributed by atoms with van der Waals surface area (Å²) in [6.07, 6.45) is -9.33. The van der Waals surface area contributed by atoms with Crippen LogP contribution in [0.2, 0.25) is 0 Å². The highest BCUT2D eigenvalue weighted by Gasteiger charge is 2.34. The van der Waals surface area contributed by atoms with Gasteiger partial charge in [0.1, 0.15) is 5.57 Å². The largest absolute Gasteiger partial charge is 0.465 e. The monoisotopic (exact) mass is 506 g/mol. The molecule has 0 aromatic heterocycles. The van der Waals surface area contributed by atoms with E-state index in [1.165, 1.54) is 24.3 Å². The number of esters is 1. The Morgan fingerprint density at radius 3 is 1.39 bits per heavy atom. The maximum atomic E-state index is 13.4. The summed E-state index contributed by atoms with van der Waals surface area (Å²) in [6, 6.07) is 13.5. The molecule has 0 aliphatic heterocycles. The molecule has 0 heterocycles. The number of rotatable bonds is 6. The molecule has 0 bridgehead atoms. The summed E-state index contributed by atoms with van der Waals surface area (Å²) in [5.41, 5.74) is -3.84. The van der Waals surface area contributed by atoms with Gasteiger partial charge in [-0.1, -0.05) is 54.6 Å². The molecule has 0 fully saturated rings. The lowest BCUT2D eigenvalue weighted by atomic mass is 9.88. The van der Waals surface area contributed by atoms with Crippen LogP contribution in [0, 0.1) is 0 Å². The van der Waals surface area contributed by atoms with Gasteiger partial charge in [-0.15, -0.1) is 0 Å². The Labute approximate surface area is 200 Å². The topological polar surface area (TPSA) is 60.4 Å². The predicted molar refractivity (Wildman–Crippen MR) is 117 cm³/mol. The first-order chi connectivity index (χ1) is 16.8. The molecule has 0 aliphatic rings. The molecule has 4 nitrogen and oxygen atoms in total. The second-order valence-corrected chi connectivity index (χ2v) is 7.42. The Bertz CT molecular complexity index is 1300. The lowest BCUT2D eigenvalue weighted by Crippen LogP contribution is -2.20. The number of ether oxygens (including phenoxy) is 1. The van der Waals surface area contributed by atoms with E-state index in [2.05, 4.69) is 4.74 Å². The van der Waals surface area contributed by atoms with E-state index in [1.54, 1.807) is 6.07 Å². The third-order valence-electron chi connectivity index (χ3n) is 5.10. The van der Waals surface area contributed by atoms with Gasteiger partial charge in [-0.3, -0.25) is 9.59 Å². The van der Waals surface area contributed by atoms with E-state index in [9.17, 15) is 40.7 Å². The second kappa shape index (κ2) is 10.2. The van der Waals surface area contributed by atoms with Gasteiger partial charge in [0, 0.05) is 16.7 Å². The number of alkyl halides is 6. The summed E-state index contributed by atoms with van der Waals surface area (Å²) in [6.45, 7) is 0. The summed E-state index contributed by atoms with van der Waals surface area (Å²) in [5, 5.41) is 0. The van der Waals surface area contributed by atoms with Crippen molar-refractivity contribution in [1.82, 2.24) is 0 Å². The minimum absolute atomic E-state index is 0.0723. The normalized spacial score (nSPS) is 12.5. The third kappa shape index (κ3) is 5.70. The zero-order valence-electron chi connectivity index (χ0n) is 18.4. The lowest BCUT2D eigenvalue weighted by Gasteiger charge is -2.14. The number of halogens is 6. The van der Waals surface area contributed by atoms with Crippen LogP contribution in [-0.4, -0.2) is 24.6 Å². The van der Waals surface area contributed by atoms with Gasteiger partial charge < -0.3 is 4.74 Å². The minimum atomic E-state index is -4.67. The third-order valence-corrected chi connectivity index (χ3v) is 5.10. The van der Waals surface area contributed by atoms with E-state index in [1.807, 2.05) is 0 Å². The molecule has 10 heteroatoms. The molecule has 0 aliphatic carbocycles. The van der Waals surface area contributed by atoms with Crippen molar-refractivity contribution in [2.24, 2.45) is 0 Å². The van der Waals surface area contributed by atoms with E-state index in [0.717, 1.165) is 31.4 Å². The molecule has 3 aromatic carbocycles. The maximum absolute atomic E-state index is 13.4. The molecule has 0 unspecified atom stereocenters. The molecule has 0 atom stereocenters. The zero-order chi connectivity index (χ0) is 26.7. The van der Waals surface area contributed by atoms with Crippen molar-refractivity contribution in [3.63, 3.8) is 0 Å². The van der Waals surface area contributed by atoms with Gasteiger partial charge in [0.2, 0.25) is 5.78 Å². The summed E-state index contributed by atoms with van der Waals surface area (Å²) in [7, 11) is 0.938. The van der Waals surface area contributed by atoms with Crippen molar-refractivity contribution in [2.75, 3.05) is 7.11 Å². The average Bonchev–Trinajstić information content (AvgIpc) is 2.85. The first kappa shape index (κ1) is 26.4. The summed E-state index contributed by atoms with van der Waals surface area (Å²) in [5.74, 6) is -3.32. The van der Waals surface area contributed by atoms with Gasteiger partial charge in [-0.25, -0.2) is 4.79 Å². The van der Waals surface area contributed by atoms with Crippen LogP contribution in [0.15, 0.2) is 84.4 Å². The smallest absolute Gasteiger partial charge is 0.416 e. The first-order valence-electron chi connectivity index (χ1n) is 10.2. The van der Waals surface area contributed by atoms with Crippen molar-refractivity contribution in [2.45, 2.75) is 12.4 Å². The highest BCUT2D eigenvalue weighted by Crippen LogP contribution is 2.32. The number of methoxy groups -OCH3 is 1. The van der Waals surface area contributed by atoms with Gasteiger partial charge in [0.25, 0.3) is 0 Å². The average molecular weight is 506 g/mol. The van der Waals surface area contributed by atoms with E-state index in [-0.39, 0.29) is 16.7 Å². The summed E-state index contributed by atoms with van der Waals surface area (Å²) in [4.78, 5) is 39.5. The van der Waals surface area contributed by atoms with Gasteiger partial charge in [-0.2, -0.15) is 26.3 Å². The molecule has 3 aromatic rings. The number of hydrogen-bond donors (Lipinski definition) is 0. The van der Waals surface area contributed by atoms with Gasteiger partial charge in [0.05, 0.1) is 18.2 Å². The lowest BCUT2D eigenvalue weighted by molar-refractivity contribution is -0.138. The highest BCUT2D eigenvalue weighted by molar-refractivity contribution is 6.41. The molecule has 0 radical (unpaired) electrons. The number of ketones is 2. The Morgan fingerprint density at radius 1 is 0.583 bits per heavy atom. The van der Waals surface area contributed by atoms with Crippen LogP contribution in [0.4, 0.5) is 26.3 Å². The Morgan fingerprint density at radius 2 is 1.00 bits per heavy atom. The number of allylic oxidation sites excluding steroid dienone is 1. The fourth-order valence-corrected chi connectivity index (χ4v) is 3.31. The van der Waals surface area contributed by atoms with Crippen LogP contribution in [0.3, 0.4) is 0 Å². The van der Waals surface area contributed by atoms with Gasteiger partial charge >= 0.3 is 18.3 Å². The van der Waals surface area contributed by atoms with Crippen molar-refractivity contribution < 1.29 is 45.5 Å². The first-order valence-corrected chi connectivity index (χ1v) is 10.2. The molecular formula is C26H16F6O4. The van der Waals surface area contributed by atoms with Crippen LogP contribution in [0.5, 0.6) is 0 Å². The van der Waals surface area contributed by atoms with Crippen molar-refractivity contribution in [3.8, 4) is 0 Å². The molecule has 0 saturated heterocycles. The van der Waals surface area contributed by atoms with Crippen molar-refractivity contribution >= 4 is 23.1 Å². The summed E-state index contributed by atoms with van der Waals surface area (Å²) >= 11 is 0. The minimum Gasteiger partial charge on any atom is -0.465 e. The zero-order valence-corrected chi connectivity index (χ0v) is 18.4.